The van der Waals surface area contributed by atoms with Gasteiger partial charge in [-0.2, -0.15) is 13.2 Å². The second kappa shape index (κ2) is 7.23. The number of nitrogens with one attached hydrogen (secondary N) is 1. The lowest BCUT2D eigenvalue weighted by atomic mass is 9.93. The van der Waals surface area contributed by atoms with E-state index in [2.05, 4.69) is 4.98 Å². The molecule has 30 heavy (non-hydrogen) atoms. The van der Waals surface area contributed by atoms with Crippen molar-refractivity contribution in [2.45, 2.75) is 50.6 Å². The summed E-state index contributed by atoms with van der Waals surface area (Å²) in [6.07, 6.45) is -5.60. The number of rotatable bonds is 4. The molecule has 4 atom stereocenters. The smallest absolute Gasteiger partial charge is 0.389 e. The number of alkyl halides is 4. The van der Waals surface area contributed by atoms with Gasteiger partial charge in [0, 0.05) is 25.6 Å². The first kappa shape index (κ1) is 21.1. The molecule has 3 aliphatic rings. The molecule has 7 nitrogen and oxygen atoms in total. The molecule has 1 aromatic heterocycles. The van der Waals surface area contributed by atoms with E-state index in [-0.39, 0.29) is 36.6 Å². The van der Waals surface area contributed by atoms with E-state index in [0.717, 1.165) is 12.8 Å². The van der Waals surface area contributed by atoms with Crippen molar-refractivity contribution >= 4 is 11.3 Å². The lowest BCUT2D eigenvalue weighted by molar-refractivity contribution is -0.145. The van der Waals surface area contributed by atoms with Gasteiger partial charge in [-0.05, 0) is 43.7 Å². The van der Waals surface area contributed by atoms with Crippen molar-refractivity contribution in [2.75, 3.05) is 19.6 Å². The molecule has 0 amide bonds. The Hall–Kier alpha value is -2.14. The highest BCUT2D eigenvalue weighted by Gasteiger charge is 2.45. The summed E-state index contributed by atoms with van der Waals surface area (Å²) >= 11 is 0. The number of H-pyrrole nitrogens is 1. The van der Waals surface area contributed by atoms with E-state index in [0.29, 0.717) is 10.9 Å². The van der Waals surface area contributed by atoms with Gasteiger partial charge in [0.2, 0.25) is 0 Å². The molecule has 0 aromatic carbocycles. The number of hydrogen-bond acceptors (Lipinski definition) is 5. The molecule has 1 saturated heterocycles. The molecular weight excluding hydrogens is 406 g/mol. The molecule has 2 aliphatic carbocycles. The van der Waals surface area contributed by atoms with Crippen molar-refractivity contribution in [3.8, 4) is 0 Å². The number of hydrogen-bond donors (Lipinski definition) is 3. The van der Waals surface area contributed by atoms with Crippen LogP contribution in [0.1, 0.15) is 32.2 Å². The lowest BCUT2D eigenvalue weighted by Gasteiger charge is -2.34. The minimum absolute atomic E-state index is 0.0171. The van der Waals surface area contributed by atoms with Crippen molar-refractivity contribution < 1.29 is 17.6 Å². The van der Waals surface area contributed by atoms with Gasteiger partial charge in [-0.1, -0.05) is 0 Å². The Kier molecular flexibility index (Phi) is 5.08. The third-order valence-corrected chi connectivity index (χ3v) is 6.53. The standard InChI is InChI=1S/C19H25F4N5O2/c1-8-15-12(17(29)26-18(30)28(15)11-2-3-11)14(25)13(20)16(8)27-6-9(4-19(21,22)23)10(5-24)7-27/h9-11,13,16H,2-7,24-25H2,1H3,(H,26,29,30). The van der Waals surface area contributed by atoms with Gasteiger partial charge in [-0.3, -0.25) is 19.2 Å². The van der Waals surface area contributed by atoms with E-state index < -0.39 is 47.9 Å². The fourth-order valence-electron chi connectivity index (χ4n) is 5.01. The molecule has 0 bridgehead atoms. The molecule has 5 N–H and O–H groups in total. The summed E-state index contributed by atoms with van der Waals surface area (Å²) in [5.74, 6) is -1.18. The number of nitrogens with two attached hydrogens (primary N) is 2. The Labute approximate surface area is 169 Å². The summed E-state index contributed by atoms with van der Waals surface area (Å²) in [6, 6.07) is -1.05. The molecule has 1 aliphatic heterocycles. The van der Waals surface area contributed by atoms with Gasteiger partial charge >= 0.3 is 11.9 Å². The molecule has 4 rings (SSSR count). The Morgan fingerprint density at radius 3 is 2.37 bits per heavy atom. The van der Waals surface area contributed by atoms with Gasteiger partial charge in [0.25, 0.3) is 5.56 Å². The van der Waals surface area contributed by atoms with Gasteiger partial charge < -0.3 is 11.5 Å². The Bertz CT molecular complexity index is 1090. The Balaban J connectivity index is 1.83. The van der Waals surface area contributed by atoms with E-state index >= 15 is 4.39 Å². The van der Waals surface area contributed by atoms with Gasteiger partial charge in [0.05, 0.1) is 22.3 Å². The van der Waals surface area contributed by atoms with Crippen LogP contribution in [-0.4, -0.2) is 52.5 Å². The molecule has 4 unspecified atom stereocenters. The van der Waals surface area contributed by atoms with Crippen LogP contribution in [0, 0.1) is 11.8 Å². The SMILES string of the molecule is CC1=c2c(c(=O)[nH]c(=O)n2C2CC2)=C(N)C(F)C1N1CC(CN)C(CC(F)(F)F)C1. The molecule has 1 aromatic rings. The molecular formula is C19H25F4N5O2. The quantitative estimate of drug-likeness (QED) is 0.546. The summed E-state index contributed by atoms with van der Waals surface area (Å²) in [6.45, 7) is 1.89. The predicted molar refractivity (Wildman–Crippen MR) is 102 cm³/mol. The van der Waals surface area contributed by atoms with Gasteiger partial charge in [-0.25, -0.2) is 9.18 Å². The number of aromatic nitrogens is 2. The summed E-state index contributed by atoms with van der Waals surface area (Å²) in [7, 11) is 0. The van der Waals surface area contributed by atoms with Crippen LogP contribution >= 0.6 is 0 Å². The Morgan fingerprint density at radius 2 is 1.80 bits per heavy atom. The summed E-state index contributed by atoms with van der Waals surface area (Å²) in [5.41, 5.74) is 10.5. The molecule has 2 fully saturated rings. The molecule has 166 valence electrons. The topological polar surface area (TPSA) is 110 Å². The average Bonchev–Trinajstić information content (AvgIpc) is 3.39. The first-order valence-corrected chi connectivity index (χ1v) is 10.0. The monoisotopic (exact) mass is 431 g/mol. The summed E-state index contributed by atoms with van der Waals surface area (Å²) in [5, 5.41) is 0.246. The van der Waals surface area contributed by atoms with Crippen LogP contribution in [-0.2, 0) is 0 Å². The van der Waals surface area contributed by atoms with Crippen LogP contribution in [0.3, 0.4) is 0 Å². The van der Waals surface area contributed by atoms with Crippen molar-refractivity contribution in [3.05, 3.63) is 31.4 Å². The van der Waals surface area contributed by atoms with Crippen LogP contribution in [0.4, 0.5) is 17.6 Å². The minimum Gasteiger partial charge on any atom is -0.399 e. The van der Waals surface area contributed by atoms with Gasteiger partial charge in [-0.15, -0.1) is 0 Å². The zero-order valence-corrected chi connectivity index (χ0v) is 16.5. The molecule has 0 radical (unpaired) electrons. The highest BCUT2D eigenvalue weighted by Crippen LogP contribution is 2.37. The maximum absolute atomic E-state index is 15.4. The second-order valence-corrected chi connectivity index (χ2v) is 8.60. The number of fused-ring (bicyclic) bond motifs is 1. The van der Waals surface area contributed by atoms with Crippen molar-refractivity contribution in [3.63, 3.8) is 0 Å². The van der Waals surface area contributed by atoms with Crippen LogP contribution < -0.4 is 33.3 Å². The molecule has 11 heteroatoms. The van der Waals surface area contributed by atoms with E-state index in [9.17, 15) is 22.8 Å². The van der Waals surface area contributed by atoms with E-state index in [4.69, 9.17) is 11.5 Å². The van der Waals surface area contributed by atoms with Gasteiger partial charge in [0.1, 0.15) is 0 Å². The van der Waals surface area contributed by atoms with Crippen molar-refractivity contribution in [2.24, 2.45) is 23.3 Å². The normalized spacial score (nSPS) is 30.1. The minimum atomic E-state index is -4.34. The van der Waals surface area contributed by atoms with Gasteiger partial charge in [0.15, 0.2) is 6.17 Å². The maximum atomic E-state index is 15.4. The summed E-state index contributed by atoms with van der Waals surface area (Å²) in [4.78, 5) is 28.7. The predicted octanol–water partition coefficient (Wildman–Crippen LogP) is -0.712. The molecule has 0 spiro atoms. The van der Waals surface area contributed by atoms with E-state index in [1.165, 1.54) is 4.57 Å². The van der Waals surface area contributed by atoms with Crippen molar-refractivity contribution in [1.29, 1.82) is 0 Å². The highest BCUT2D eigenvalue weighted by atomic mass is 19.4. The number of likely N-dealkylation sites (tertiary alicyclic amines) is 1. The largest absolute Gasteiger partial charge is 0.399 e. The van der Waals surface area contributed by atoms with Crippen LogP contribution in [0.15, 0.2) is 9.59 Å². The number of aromatic amines is 1. The number of nitrogens with zero attached hydrogens (tertiary/aromatic N) is 2. The third-order valence-electron chi connectivity index (χ3n) is 6.53. The first-order valence-electron chi connectivity index (χ1n) is 10.0. The fourth-order valence-corrected chi connectivity index (χ4v) is 5.01. The lowest BCUT2D eigenvalue weighted by Crippen LogP contribution is -2.62. The second-order valence-electron chi connectivity index (χ2n) is 8.60. The molecule has 1 saturated carbocycles. The third kappa shape index (κ3) is 3.47. The van der Waals surface area contributed by atoms with Crippen LogP contribution in [0.2, 0.25) is 0 Å². The Morgan fingerprint density at radius 1 is 1.17 bits per heavy atom. The zero-order chi connectivity index (χ0) is 22.0. The summed E-state index contributed by atoms with van der Waals surface area (Å²) < 4.78 is 55.9. The fraction of sp³-hybridized carbons (Fsp3) is 0.684. The molecule has 2 heterocycles. The highest BCUT2D eigenvalue weighted by molar-refractivity contribution is 5.62. The maximum Gasteiger partial charge on any atom is 0.389 e. The van der Waals surface area contributed by atoms with E-state index in [1.54, 1.807) is 11.8 Å². The van der Waals surface area contributed by atoms with E-state index in [1.807, 2.05) is 0 Å². The van der Waals surface area contributed by atoms with Crippen LogP contribution in [0.25, 0.3) is 11.3 Å². The number of halogens is 4. The first-order chi connectivity index (χ1) is 14.0. The zero-order valence-electron chi connectivity index (χ0n) is 16.5. The average molecular weight is 431 g/mol. The van der Waals surface area contributed by atoms with Crippen molar-refractivity contribution in [1.82, 2.24) is 14.5 Å². The van der Waals surface area contributed by atoms with Crippen LogP contribution in [0.5, 0.6) is 0 Å².